The molecule has 14 heteroatoms. The van der Waals surface area contributed by atoms with E-state index in [1.54, 1.807) is 0 Å². The first-order valence-corrected chi connectivity index (χ1v) is 12.0. The molecular formula is C26H28Cl2N6O6. The van der Waals surface area contributed by atoms with Crippen LogP contribution in [0, 0.1) is 27.7 Å². The van der Waals surface area contributed by atoms with Gasteiger partial charge in [0.05, 0.1) is 22.5 Å². The molecule has 0 aliphatic heterocycles. The predicted molar refractivity (Wildman–Crippen MR) is 145 cm³/mol. The number of aromatic nitrogens is 4. The fourth-order valence-corrected chi connectivity index (χ4v) is 3.29. The Morgan fingerprint density at radius 3 is 1.25 bits per heavy atom. The Morgan fingerprint density at radius 2 is 1.02 bits per heavy atom. The van der Waals surface area contributed by atoms with Gasteiger partial charge in [-0.2, -0.15) is 0 Å². The molecule has 12 nitrogen and oxygen atoms in total. The molecule has 0 saturated carbocycles. The molecular weight excluding hydrogens is 563 g/mol. The van der Waals surface area contributed by atoms with E-state index in [1.807, 2.05) is 39.8 Å². The molecule has 4 aromatic rings. The topological polar surface area (TPSA) is 227 Å². The maximum Gasteiger partial charge on any atom is 0.387 e. The summed E-state index contributed by atoms with van der Waals surface area (Å²) < 4.78 is 0. The first kappa shape index (κ1) is 33.3. The summed E-state index contributed by atoms with van der Waals surface area (Å²) in [6.07, 6.45) is 0. The summed E-state index contributed by atoms with van der Waals surface area (Å²) in [7, 11) is 0. The summed E-state index contributed by atoms with van der Waals surface area (Å²) in [5, 5.41) is 38.9. The fraction of sp³-hybridized carbons (Fsp3) is 0.154. The van der Waals surface area contributed by atoms with Gasteiger partial charge in [-0.3, -0.25) is 11.5 Å². The van der Waals surface area contributed by atoms with Gasteiger partial charge >= 0.3 is 23.8 Å². The monoisotopic (exact) mass is 590 g/mol. The second kappa shape index (κ2) is 15.7. The maximum atomic E-state index is 10.8. The van der Waals surface area contributed by atoms with Gasteiger partial charge in [0.15, 0.2) is 0 Å². The Labute approximate surface area is 239 Å². The molecule has 0 spiro atoms. The van der Waals surface area contributed by atoms with E-state index in [2.05, 4.69) is 19.9 Å². The van der Waals surface area contributed by atoms with Crippen molar-refractivity contribution in [1.82, 2.24) is 9.97 Å². The van der Waals surface area contributed by atoms with Crippen LogP contribution in [-0.2, 0) is 0 Å². The van der Waals surface area contributed by atoms with Gasteiger partial charge in [-0.05, 0) is 52.0 Å². The van der Waals surface area contributed by atoms with Crippen molar-refractivity contribution in [3.05, 3.63) is 92.5 Å². The van der Waals surface area contributed by atoms with Crippen LogP contribution in [0.5, 0.6) is 11.5 Å². The molecule has 0 radical (unpaired) electrons. The maximum absolute atomic E-state index is 10.8. The molecule has 2 aromatic heterocycles. The van der Waals surface area contributed by atoms with E-state index in [-0.39, 0.29) is 21.2 Å². The molecule has 0 aliphatic rings. The summed E-state index contributed by atoms with van der Waals surface area (Å²) in [5.74, 6) is -2.60. The second-order valence-electron chi connectivity index (χ2n) is 8.07. The van der Waals surface area contributed by atoms with Crippen molar-refractivity contribution in [2.75, 3.05) is 11.5 Å². The van der Waals surface area contributed by atoms with E-state index < -0.39 is 23.4 Å². The molecule has 0 aliphatic carbocycles. The van der Waals surface area contributed by atoms with Crippen molar-refractivity contribution >= 4 is 47.0 Å². The van der Waals surface area contributed by atoms with Crippen LogP contribution < -0.4 is 31.6 Å². The smallest absolute Gasteiger partial charge is 0.387 e. The van der Waals surface area contributed by atoms with Crippen molar-refractivity contribution in [2.24, 2.45) is 0 Å². The largest absolute Gasteiger partial charge is 0.872 e. The Hall–Kier alpha value is -4.68. The van der Waals surface area contributed by atoms with E-state index in [9.17, 15) is 19.8 Å². The van der Waals surface area contributed by atoms with Gasteiger partial charge < -0.3 is 20.4 Å². The number of benzene rings is 2. The molecule has 0 fully saturated rings. The highest BCUT2D eigenvalue weighted by molar-refractivity contribution is 6.31. The third kappa shape index (κ3) is 12.2. The minimum Gasteiger partial charge on any atom is -0.872 e. The second-order valence-corrected chi connectivity index (χ2v) is 8.95. The lowest BCUT2D eigenvalue weighted by Crippen LogP contribution is -2.16. The van der Waals surface area contributed by atoms with E-state index >= 15 is 0 Å². The number of aromatic carboxylic acids is 2. The molecule has 0 saturated heterocycles. The number of nitrogens with two attached hydrogens (primary N) is 2. The highest BCUT2D eigenvalue weighted by Crippen LogP contribution is 2.19. The van der Waals surface area contributed by atoms with Crippen LogP contribution in [0.4, 0.5) is 11.9 Å². The van der Waals surface area contributed by atoms with E-state index in [1.165, 1.54) is 12.1 Å². The lowest BCUT2D eigenvalue weighted by Gasteiger charge is -2.08. The Balaban J connectivity index is 0.000000268. The molecule has 40 heavy (non-hydrogen) atoms. The highest BCUT2D eigenvalue weighted by atomic mass is 35.5. The molecule has 4 rings (SSSR count). The van der Waals surface area contributed by atoms with Gasteiger partial charge in [0.25, 0.3) is 0 Å². The summed E-state index contributed by atoms with van der Waals surface area (Å²) in [6, 6.07) is 11.1. The molecule has 0 bridgehead atoms. The first-order valence-electron chi connectivity index (χ1n) is 11.2. The average molecular weight is 591 g/mol. The van der Waals surface area contributed by atoms with E-state index in [0.717, 1.165) is 47.0 Å². The van der Waals surface area contributed by atoms with Crippen LogP contribution in [0.25, 0.3) is 0 Å². The van der Waals surface area contributed by atoms with Gasteiger partial charge in [-0.25, -0.2) is 19.6 Å². The van der Waals surface area contributed by atoms with Gasteiger partial charge in [0.2, 0.25) is 0 Å². The number of hydrogen-bond donors (Lipinski definition) is 4. The van der Waals surface area contributed by atoms with E-state index in [4.69, 9.17) is 44.9 Å². The highest BCUT2D eigenvalue weighted by Gasteiger charge is 2.04. The lowest BCUT2D eigenvalue weighted by atomic mass is 10.2. The summed E-state index contributed by atoms with van der Waals surface area (Å²) in [5.41, 5.74) is 14.2. The predicted octanol–water partition coefficient (Wildman–Crippen LogP) is 2.41. The number of aromatic amines is 2. The van der Waals surface area contributed by atoms with Crippen LogP contribution in [0.2, 0.25) is 10.0 Å². The SMILES string of the molecule is Cc1cc(C)[nH+]c(N)n1.Cc1cc(C)[nH+]c(N)n1.O=C(O)c1cc(Cl)ccc1[O-].O=C(O)c1cc(Cl)ccc1[O-]. The third-order valence-corrected chi connectivity index (χ3v) is 4.91. The molecule has 0 atom stereocenters. The normalized spacial score (nSPS) is 9.55. The number of carbonyl (C=O) groups is 2. The van der Waals surface area contributed by atoms with Crippen LogP contribution in [0.1, 0.15) is 43.5 Å². The van der Waals surface area contributed by atoms with Crippen LogP contribution in [0.15, 0.2) is 48.5 Å². The van der Waals surface area contributed by atoms with E-state index in [0.29, 0.717) is 11.9 Å². The summed E-state index contributed by atoms with van der Waals surface area (Å²) >= 11 is 10.9. The quantitative estimate of drug-likeness (QED) is 0.266. The standard InChI is InChI=1S/2C7H5ClO3.2C6H9N3/c2*8-4-1-2-6(9)5(3-4)7(10)11;2*1-4-3-5(2)9-6(7)8-4/h2*1-3,9H,(H,10,11);2*3H,1-2H3,(H2,7,8,9). The lowest BCUT2D eigenvalue weighted by molar-refractivity contribution is -0.374. The minimum absolute atomic E-state index is 0.252. The molecule has 2 aromatic carbocycles. The zero-order valence-electron chi connectivity index (χ0n) is 22.0. The van der Waals surface area contributed by atoms with Crippen LogP contribution in [0.3, 0.4) is 0 Å². The number of carboxylic acid groups (broad SMARTS) is 2. The van der Waals surface area contributed by atoms with Gasteiger partial charge in [0.1, 0.15) is 11.4 Å². The van der Waals surface area contributed by atoms with Crippen molar-refractivity contribution in [1.29, 1.82) is 0 Å². The first-order chi connectivity index (χ1) is 18.6. The third-order valence-electron chi connectivity index (χ3n) is 4.44. The zero-order chi connectivity index (χ0) is 30.6. The van der Waals surface area contributed by atoms with Crippen molar-refractivity contribution in [2.45, 2.75) is 27.7 Å². The number of nitrogen functional groups attached to an aromatic ring is 2. The summed E-state index contributed by atoms with van der Waals surface area (Å²) in [4.78, 5) is 34.3. The van der Waals surface area contributed by atoms with Gasteiger partial charge in [0, 0.05) is 22.2 Å². The fourth-order valence-electron chi connectivity index (χ4n) is 2.94. The number of nitrogens with zero attached hydrogens (tertiary/aromatic N) is 2. The minimum atomic E-state index is -1.25. The Bertz CT molecular complexity index is 1270. The average Bonchev–Trinajstić information content (AvgIpc) is 2.81. The molecule has 2 heterocycles. The van der Waals surface area contributed by atoms with Crippen molar-refractivity contribution < 1.29 is 40.0 Å². The summed E-state index contributed by atoms with van der Waals surface area (Å²) in [6.45, 7) is 7.73. The Morgan fingerprint density at radius 1 is 0.700 bits per heavy atom. The number of nitrogens with one attached hydrogen (secondary N) is 2. The number of anilines is 2. The number of carboxylic acids is 2. The van der Waals surface area contributed by atoms with Crippen LogP contribution >= 0.6 is 23.2 Å². The van der Waals surface area contributed by atoms with Crippen molar-refractivity contribution in [3.8, 4) is 11.5 Å². The number of halogens is 2. The Kier molecular flexibility index (Phi) is 13.1. The number of aryl methyl sites for hydroxylation is 4. The number of H-pyrrole nitrogens is 2. The molecule has 212 valence electrons. The molecule has 8 N–H and O–H groups in total. The van der Waals surface area contributed by atoms with Crippen molar-refractivity contribution in [3.63, 3.8) is 0 Å². The molecule has 0 unspecified atom stereocenters. The van der Waals surface area contributed by atoms with Crippen LogP contribution in [-0.4, -0.2) is 32.1 Å². The van der Waals surface area contributed by atoms with Gasteiger partial charge in [-0.15, -0.1) is 0 Å². The number of rotatable bonds is 2. The number of hydrogen-bond acceptors (Lipinski definition) is 8. The zero-order valence-corrected chi connectivity index (χ0v) is 23.5. The molecule has 0 amide bonds. The van der Waals surface area contributed by atoms with Gasteiger partial charge in [-0.1, -0.05) is 56.8 Å².